The van der Waals surface area contributed by atoms with Crippen molar-refractivity contribution < 1.29 is 4.79 Å². The van der Waals surface area contributed by atoms with E-state index in [9.17, 15) is 4.79 Å². The predicted molar refractivity (Wildman–Crippen MR) is 99.4 cm³/mol. The highest BCUT2D eigenvalue weighted by Gasteiger charge is 2.24. The van der Waals surface area contributed by atoms with Crippen LogP contribution in [-0.4, -0.2) is 5.91 Å². The Morgan fingerprint density at radius 2 is 1.79 bits per heavy atom. The molecule has 0 bridgehead atoms. The van der Waals surface area contributed by atoms with E-state index in [1.807, 2.05) is 24.3 Å². The van der Waals surface area contributed by atoms with Crippen LogP contribution in [0.1, 0.15) is 48.9 Å². The summed E-state index contributed by atoms with van der Waals surface area (Å²) in [6.45, 7) is 4.12. The van der Waals surface area contributed by atoms with Crippen LogP contribution in [0.2, 0.25) is 5.02 Å². The second-order valence-corrected chi connectivity index (χ2v) is 7.54. The molecule has 1 aliphatic rings. The molecule has 3 heteroatoms. The van der Waals surface area contributed by atoms with Gasteiger partial charge in [0.1, 0.15) is 0 Å². The Morgan fingerprint density at radius 3 is 2.54 bits per heavy atom. The second kappa shape index (κ2) is 6.98. The molecule has 0 radical (unpaired) electrons. The topological polar surface area (TPSA) is 29.1 Å². The van der Waals surface area contributed by atoms with Gasteiger partial charge in [0, 0.05) is 5.02 Å². The van der Waals surface area contributed by atoms with Crippen molar-refractivity contribution in [3.05, 3.63) is 69.7 Å². The molecule has 1 N–H and O–H groups in total. The summed E-state index contributed by atoms with van der Waals surface area (Å²) in [5.41, 5.74) is 4.52. The maximum atomic E-state index is 12.5. The van der Waals surface area contributed by atoms with Crippen molar-refractivity contribution in [3.63, 3.8) is 0 Å². The lowest BCUT2D eigenvalue weighted by Gasteiger charge is -2.29. The molecule has 0 aromatic heterocycles. The number of nitrogens with one attached hydrogen (secondary N) is 1. The van der Waals surface area contributed by atoms with Gasteiger partial charge in [0.15, 0.2) is 0 Å². The predicted octanol–water partition coefficient (Wildman–Crippen LogP) is 4.81. The number of fused-ring (bicyclic) bond motifs is 1. The molecule has 0 atom stereocenters. The van der Waals surface area contributed by atoms with E-state index < -0.39 is 5.54 Å². The zero-order valence-electron chi connectivity index (χ0n) is 14.4. The Morgan fingerprint density at radius 1 is 1.08 bits per heavy atom. The second-order valence-electron chi connectivity index (χ2n) is 7.13. The lowest BCUT2D eigenvalue weighted by molar-refractivity contribution is -0.122. The van der Waals surface area contributed by atoms with Crippen LogP contribution in [0.15, 0.2) is 42.5 Å². The molecule has 1 aliphatic carbocycles. The van der Waals surface area contributed by atoms with Crippen LogP contribution in [0.5, 0.6) is 0 Å². The lowest BCUT2D eigenvalue weighted by Crippen LogP contribution is -2.41. The molecule has 0 saturated heterocycles. The Labute approximate surface area is 149 Å². The maximum Gasteiger partial charge on any atom is 0.225 e. The van der Waals surface area contributed by atoms with E-state index in [1.54, 1.807) is 0 Å². The van der Waals surface area contributed by atoms with Crippen molar-refractivity contribution in [3.8, 4) is 0 Å². The minimum Gasteiger partial charge on any atom is -0.347 e. The fraction of sp³-hybridized carbons (Fsp3) is 0.381. The molecule has 0 heterocycles. The van der Waals surface area contributed by atoms with Crippen molar-refractivity contribution >= 4 is 17.5 Å². The van der Waals surface area contributed by atoms with Crippen LogP contribution < -0.4 is 5.32 Å². The Bertz CT molecular complexity index is 751. The smallest absolute Gasteiger partial charge is 0.225 e. The fourth-order valence-electron chi connectivity index (χ4n) is 3.40. The van der Waals surface area contributed by atoms with Gasteiger partial charge in [-0.05, 0) is 67.9 Å². The Hall–Kier alpha value is -1.80. The van der Waals surface area contributed by atoms with Crippen molar-refractivity contribution in [2.24, 2.45) is 0 Å². The standard InChI is InChI=1S/C21H24ClNO/c1-21(2,18-12-11-15-7-3-4-8-16(15)13-18)23-20(24)14-17-9-5-6-10-19(17)22/h5-6,9-13H,3-4,7-8,14H2,1-2H3,(H,23,24). The third-order valence-electron chi connectivity index (χ3n) is 4.83. The van der Waals surface area contributed by atoms with Crippen LogP contribution in [0, 0.1) is 0 Å². The normalized spacial score (nSPS) is 14.1. The van der Waals surface area contributed by atoms with Crippen LogP contribution in [0.3, 0.4) is 0 Å². The fourth-order valence-corrected chi connectivity index (χ4v) is 3.60. The highest BCUT2D eigenvalue weighted by Crippen LogP contribution is 2.27. The summed E-state index contributed by atoms with van der Waals surface area (Å²) in [5.74, 6) is -0.00850. The molecule has 0 unspecified atom stereocenters. The molecule has 0 fully saturated rings. The van der Waals surface area contributed by atoms with Gasteiger partial charge in [0.25, 0.3) is 0 Å². The third-order valence-corrected chi connectivity index (χ3v) is 5.20. The molecular weight excluding hydrogens is 318 g/mol. The highest BCUT2D eigenvalue weighted by atomic mass is 35.5. The van der Waals surface area contributed by atoms with Crippen LogP contribution in [0.4, 0.5) is 0 Å². The third kappa shape index (κ3) is 3.81. The number of rotatable bonds is 4. The number of carbonyl (C=O) groups is 1. The van der Waals surface area contributed by atoms with E-state index in [0.717, 1.165) is 17.5 Å². The van der Waals surface area contributed by atoms with Gasteiger partial charge in [0.05, 0.1) is 12.0 Å². The minimum atomic E-state index is -0.398. The SMILES string of the molecule is CC(C)(NC(=O)Cc1ccccc1Cl)c1ccc2c(c1)CCCC2. The van der Waals surface area contributed by atoms with Gasteiger partial charge in [-0.1, -0.05) is 48.0 Å². The number of carbonyl (C=O) groups excluding carboxylic acids is 1. The van der Waals surface area contributed by atoms with Gasteiger partial charge in [0.2, 0.25) is 5.91 Å². The Balaban J connectivity index is 1.73. The summed E-state index contributed by atoms with van der Waals surface area (Å²) in [5, 5.41) is 3.80. The summed E-state index contributed by atoms with van der Waals surface area (Å²) in [7, 11) is 0. The molecule has 126 valence electrons. The highest BCUT2D eigenvalue weighted by molar-refractivity contribution is 6.31. The first-order chi connectivity index (χ1) is 11.5. The van der Waals surface area contributed by atoms with E-state index in [-0.39, 0.29) is 5.91 Å². The molecule has 0 aliphatic heterocycles. The van der Waals surface area contributed by atoms with Gasteiger partial charge in [-0.25, -0.2) is 0 Å². The molecule has 3 rings (SSSR count). The number of hydrogen-bond donors (Lipinski definition) is 1. The van der Waals surface area contributed by atoms with Gasteiger partial charge in [-0.3, -0.25) is 4.79 Å². The first-order valence-electron chi connectivity index (χ1n) is 8.62. The number of hydrogen-bond acceptors (Lipinski definition) is 1. The van der Waals surface area contributed by atoms with Gasteiger partial charge >= 0.3 is 0 Å². The number of aryl methyl sites for hydroxylation is 2. The summed E-state index contributed by atoms with van der Waals surface area (Å²) in [4.78, 5) is 12.5. The van der Waals surface area contributed by atoms with Gasteiger partial charge < -0.3 is 5.32 Å². The number of amides is 1. The average molecular weight is 342 g/mol. The van der Waals surface area contributed by atoms with Crippen molar-refractivity contribution in [2.75, 3.05) is 0 Å². The largest absolute Gasteiger partial charge is 0.347 e. The summed E-state index contributed by atoms with van der Waals surface area (Å²) < 4.78 is 0. The lowest BCUT2D eigenvalue weighted by atomic mass is 9.85. The first-order valence-corrected chi connectivity index (χ1v) is 9.00. The van der Waals surface area contributed by atoms with E-state index in [1.165, 1.54) is 30.4 Å². The summed E-state index contributed by atoms with van der Waals surface area (Å²) in [6, 6.07) is 14.1. The summed E-state index contributed by atoms with van der Waals surface area (Å²) >= 11 is 6.16. The first kappa shape index (κ1) is 17.0. The van der Waals surface area contributed by atoms with Crippen LogP contribution >= 0.6 is 11.6 Å². The molecular formula is C21H24ClNO. The van der Waals surface area contributed by atoms with Crippen LogP contribution in [-0.2, 0) is 29.6 Å². The molecule has 0 saturated carbocycles. The molecule has 24 heavy (non-hydrogen) atoms. The van der Waals surface area contributed by atoms with Gasteiger partial charge in [-0.2, -0.15) is 0 Å². The van der Waals surface area contributed by atoms with E-state index in [4.69, 9.17) is 11.6 Å². The Kier molecular flexibility index (Phi) is 4.96. The molecule has 0 spiro atoms. The zero-order valence-corrected chi connectivity index (χ0v) is 15.1. The summed E-state index contributed by atoms with van der Waals surface area (Å²) in [6.07, 6.45) is 5.16. The maximum absolute atomic E-state index is 12.5. The van der Waals surface area contributed by atoms with E-state index in [0.29, 0.717) is 11.4 Å². The molecule has 2 aromatic carbocycles. The number of halogens is 1. The van der Waals surface area contributed by atoms with Crippen molar-refractivity contribution in [2.45, 2.75) is 51.5 Å². The van der Waals surface area contributed by atoms with E-state index >= 15 is 0 Å². The average Bonchev–Trinajstić information content (AvgIpc) is 2.56. The molecule has 2 nitrogen and oxygen atoms in total. The van der Waals surface area contributed by atoms with E-state index in [2.05, 4.69) is 37.4 Å². The minimum absolute atomic E-state index is 0.00850. The number of benzene rings is 2. The molecule has 2 aromatic rings. The van der Waals surface area contributed by atoms with Crippen LogP contribution in [0.25, 0.3) is 0 Å². The zero-order chi connectivity index (χ0) is 17.2. The van der Waals surface area contributed by atoms with Gasteiger partial charge in [-0.15, -0.1) is 0 Å². The quantitative estimate of drug-likeness (QED) is 0.849. The van der Waals surface area contributed by atoms with Crippen molar-refractivity contribution in [1.82, 2.24) is 5.32 Å². The molecule has 1 amide bonds. The van der Waals surface area contributed by atoms with Crippen molar-refractivity contribution in [1.29, 1.82) is 0 Å². The monoisotopic (exact) mass is 341 g/mol.